The highest BCUT2D eigenvalue weighted by Crippen LogP contribution is 2.22. The van der Waals surface area contributed by atoms with Crippen molar-refractivity contribution < 1.29 is 26.8 Å². The number of hydrogen-bond donors (Lipinski definition) is 1. The van der Waals surface area contributed by atoms with Crippen molar-refractivity contribution in [2.45, 2.75) is 46.2 Å². The number of carbonyl (C=O) groups is 2. The van der Waals surface area contributed by atoms with Crippen molar-refractivity contribution in [1.82, 2.24) is 10.2 Å². The average molecular weight is 496 g/mol. The van der Waals surface area contributed by atoms with Gasteiger partial charge >= 0.3 is 0 Å². The lowest BCUT2D eigenvalue weighted by Gasteiger charge is -2.33. The summed E-state index contributed by atoms with van der Waals surface area (Å²) < 4.78 is 52.8. The molecule has 1 unspecified atom stereocenters. The maximum absolute atomic E-state index is 13.8. The molecule has 2 aromatic carbocycles. The van der Waals surface area contributed by atoms with Crippen LogP contribution in [0.4, 0.5) is 14.5 Å². The van der Waals surface area contributed by atoms with Crippen LogP contribution < -0.4 is 9.62 Å². The van der Waals surface area contributed by atoms with Crippen LogP contribution in [-0.4, -0.2) is 50.5 Å². The number of hydrogen-bond acceptors (Lipinski definition) is 4. The lowest BCUT2D eigenvalue weighted by atomic mass is 10.1. The van der Waals surface area contributed by atoms with E-state index in [1.54, 1.807) is 6.92 Å². The van der Waals surface area contributed by atoms with E-state index in [0.29, 0.717) is 23.7 Å². The number of halogens is 2. The van der Waals surface area contributed by atoms with Gasteiger partial charge < -0.3 is 10.2 Å². The van der Waals surface area contributed by atoms with Gasteiger partial charge in [0.15, 0.2) is 11.6 Å². The van der Waals surface area contributed by atoms with Gasteiger partial charge in [-0.25, -0.2) is 17.2 Å². The molecule has 1 N–H and O–H groups in total. The molecule has 2 aromatic rings. The Morgan fingerprint density at radius 3 is 2.21 bits per heavy atom. The van der Waals surface area contributed by atoms with Gasteiger partial charge in [0.25, 0.3) is 0 Å². The summed E-state index contributed by atoms with van der Waals surface area (Å²) in [5, 5.41) is 2.79. The normalized spacial score (nSPS) is 12.2. The molecule has 186 valence electrons. The molecule has 0 aromatic heterocycles. The van der Waals surface area contributed by atoms with Gasteiger partial charge in [-0.05, 0) is 37.5 Å². The number of amides is 2. The van der Waals surface area contributed by atoms with Crippen LogP contribution >= 0.6 is 0 Å². The summed E-state index contributed by atoms with van der Waals surface area (Å²) in [4.78, 5) is 27.6. The summed E-state index contributed by atoms with van der Waals surface area (Å²) >= 11 is 0. The van der Waals surface area contributed by atoms with Gasteiger partial charge in [-0.1, -0.05) is 43.7 Å². The quantitative estimate of drug-likeness (QED) is 0.518. The smallest absolute Gasteiger partial charge is 0.244 e. The predicted molar refractivity (Wildman–Crippen MR) is 128 cm³/mol. The Kier molecular flexibility index (Phi) is 9.55. The van der Waals surface area contributed by atoms with E-state index in [2.05, 4.69) is 5.32 Å². The molecule has 0 spiro atoms. The number of nitrogens with one attached hydrogen (secondary N) is 1. The fourth-order valence-electron chi connectivity index (χ4n) is 3.43. The molecule has 0 fully saturated rings. The first kappa shape index (κ1) is 27.2. The fraction of sp³-hybridized carbons (Fsp3) is 0.417. The van der Waals surface area contributed by atoms with Crippen LogP contribution in [0.3, 0.4) is 0 Å². The third-order valence-corrected chi connectivity index (χ3v) is 6.42. The van der Waals surface area contributed by atoms with Crippen LogP contribution in [-0.2, 0) is 26.2 Å². The van der Waals surface area contributed by atoms with E-state index in [0.717, 1.165) is 35.6 Å². The Hall–Kier alpha value is -3.01. The van der Waals surface area contributed by atoms with Crippen LogP contribution in [0.15, 0.2) is 42.5 Å². The van der Waals surface area contributed by atoms with Gasteiger partial charge in [0.1, 0.15) is 12.6 Å². The lowest BCUT2D eigenvalue weighted by Crippen LogP contribution is -2.52. The first-order valence-corrected chi connectivity index (χ1v) is 12.9. The zero-order valence-electron chi connectivity index (χ0n) is 19.8. The highest BCUT2D eigenvalue weighted by atomic mass is 32.2. The second-order valence-electron chi connectivity index (χ2n) is 8.09. The van der Waals surface area contributed by atoms with Crippen molar-refractivity contribution in [2.24, 2.45) is 0 Å². The Balaban J connectivity index is 2.43. The van der Waals surface area contributed by atoms with Crippen molar-refractivity contribution in [1.29, 1.82) is 0 Å². The van der Waals surface area contributed by atoms with Gasteiger partial charge in [0.05, 0.1) is 11.9 Å². The average Bonchev–Trinajstić information content (AvgIpc) is 2.78. The topological polar surface area (TPSA) is 86.8 Å². The van der Waals surface area contributed by atoms with Crippen molar-refractivity contribution in [3.05, 3.63) is 65.2 Å². The zero-order chi connectivity index (χ0) is 25.5. The van der Waals surface area contributed by atoms with E-state index in [9.17, 15) is 26.8 Å². The Morgan fingerprint density at radius 2 is 1.68 bits per heavy atom. The van der Waals surface area contributed by atoms with Gasteiger partial charge in [-0.2, -0.15) is 0 Å². The van der Waals surface area contributed by atoms with E-state index in [1.807, 2.05) is 38.1 Å². The van der Waals surface area contributed by atoms with E-state index in [1.165, 1.54) is 4.90 Å². The predicted octanol–water partition coefficient (Wildman–Crippen LogP) is 3.37. The van der Waals surface area contributed by atoms with E-state index in [4.69, 9.17) is 0 Å². The summed E-state index contributed by atoms with van der Waals surface area (Å²) in [5.41, 5.74) is 1.60. The minimum Gasteiger partial charge on any atom is -0.354 e. The monoisotopic (exact) mass is 495 g/mol. The maximum atomic E-state index is 13.8. The molecule has 0 saturated carbocycles. The summed E-state index contributed by atoms with van der Waals surface area (Å²) in [5.74, 6) is -3.36. The van der Waals surface area contributed by atoms with Crippen LogP contribution in [0.1, 0.15) is 37.8 Å². The minimum absolute atomic E-state index is 0.0759. The van der Waals surface area contributed by atoms with Crippen molar-refractivity contribution in [2.75, 3.05) is 23.7 Å². The van der Waals surface area contributed by atoms with Gasteiger partial charge in [-0.15, -0.1) is 0 Å². The first-order valence-electron chi connectivity index (χ1n) is 11.0. The molecule has 0 aliphatic carbocycles. The molecule has 7 nitrogen and oxygen atoms in total. The summed E-state index contributed by atoms with van der Waals surface area (Å²) in [6.45, 7) is 5.43. The number of nitrogens with zero attached hydrogens (tertiary/aromatic N) is 2. The summed E-state index contributed by atoms with van der Waals surface area (Å²) in [6.07, 6.45) is 1.89. The number of benzene rings is 2. The molecule has 2 rings (SSSR count). The number of rotatable bonds is 11. The molecule has 0 radical (unpaired) electrons. The van der Waals surface area contributed by atoms with Crippen molar-refractivity contribution in [3.63, 3.8) is 0 Å². The minimum atomic E-state index is -4.03. The molecule has 0 aliphatic rings. The van der Waals surface area contributed by atoms with E-state index < -0.39 is 40.2 Å². The summed E-state index contributed by atoms with van der Waals surface area (Å²) in [6, 6.07) is 9.17. The fourth-order valence-corrected chi connectivity index (χ4v) is 4.27. The van der Waals surface area contributed by atoms with Gasteiger partial charge in [0, 0.05) is 19.2 Å². The Bertz CT molecular complexity index is 1110. The number of aryl methyl sites for hydroxylation is 1. The Labute approximate surface area is 199 Å². The molecule has 10 heteroatoms. The molecule has 0 saturated heterocycles. The second-order valence-corrected chi connectivity index (χ2v) is 10.00. The number of carbonyl (C=O) groups excluding carboxylic acids is 2. The van der Waals surface area contributed by atoms with Gasteiger partial charge in [0.2, 0.25) is 21.8 Å². The molecule has 0 heterocycles. The zero-order valence-corrected chi connectivity index (χ0v) is 20.7. The summed E-state index contributed by atoms with van der Waals surface area (Å²) in [7, 11) is -4.03. The van der Waals surface area contributed by atoms with Crippen molar-refractivity contribution in [3.8, 4) is 0 Å². The highest BCUT2D eigenvalue weighted by Gasteiger charge is 2.31. The SMILES string of the molecule is CCCNC(=O)C(CC)N(Cc1ccc(C)cc1)C(=O)CN(c1ccc(F)c(F)c1)S(C)(=O)=O. The highest BCUT2D eigenvalue weighted by molar-refractivity contribution is 7.92. The standard InChI is InChI=1S/C24H31F2N3O4S/c1-5-13-27-24(31)22(6-2)28(15-18-9-7-17(3)8-10-18)23(30)16-29(34(4,32)33)19-11-12-20(25)21(26)14-19/h7-12,14,22H,5-6,13,15-16H2,1-4H3,(H,27,31). The molecule has 34 heavy (non-hydrogen) atoms. The number of sulfonamides is 1. The van der Waals surface area contributed by atoms with Crippen LogP contribution in [0, 0.1) is 18.6 Å². The maximum Gasteiger partial charge on any atom is 0.244 e. The number of anilines is 1. The molecule has 0 bridgehead atoms. The third kappa shape index (κ3) is 7.24. The Morgan fingerprint density at radius 1 is 1.03 bits per heavy atom. The van der Waals surface area contributed by atoms with E-state index in [-0.39, 0.29) is 18.1 Å². The van der Waals surface area contributed by atoms with Crippen LogP contribution in [0.25, 0.3) is 0 Å². The van der Waals surface area contributed by atoms with Crippen molar-refractivity contribution >= 4 is 27.5 Å². The first-order chi connectivity index (χ1) is 16.0. The molecule has 1 atom stereocenters. The molecular weight excluding hydrogens is 464 g/mol. The van der Waals surface area contributed by atoms with Crippen LogP contribution in [0.5, 0.6) is 0 Å². The van der Waals surface area contributed by atoms with Crippen LogP contribution in [0.2, 0.25) is 0 Å². The lowest BCUT2D eigenvalue weighted by molar-refractivity contribution is -0.140. The molecule has 2 amide bonds. The largest absolute Gasteiger partial charge is 0.354 e. The third-order valence-electron chi connectivity index (χ3n) is 5.28. The van der Waals surface area contributed by atoms with Gasteiger partial charge in [-0.3, -0.25) is 13.9 Å². The molecular formula is C24H31F2N3O4S. The second kappa shape index (κ2) is 11.9. The van der Waals surface area contributed by atoms with E-state index >= 15 is 0 Å². The molecule has 0 aliphatic heterocycles.